The number of para-hydroxylation sites is 2. The van der Waals surface area contributed by atoms with Crippen LogP contribution in [0.5, 0.6) is 11.5 Å². The first-order chi connectivity index (χ1) is 18.1. The Morgan fingerprint density at radius 3 is 2.81 bits per heavy atom. The number of aryl methyl sites for hydroxylation is 1. The number of amides is 1. The Bertz CT molecular complexity index is 1470. The Labute approximate surface area is 214 Å². The van der Waals surface area contributed by atoms with Gasteiger partial charge in [-0.1, -0.05) is 36.4 Å². The molecule has 0 fully saturated rings. The topological polar surface area (TPSA) is 94.4 Å². The van der Waals surface area contributed by atoms with Crippen LogP contribution >= 0.6 is 0 Å². The first-order valence-corrected chi connectivity index (χ1v) is 12.2. The highest BCUT2D eigenvalue weighted by Gasteiger charge is 2.27. The van der Waals surface area contributed by atoms with Gasteiger partial charge in [-0.3, -0.25) is 9.36 Å². The van der Waals surface area contributed by atoms with Crippen molar-refractivity contribution in [3.63, 3.8) is 0 Å². The Morgan fingerprint density at radius 1 is 1.11 bits per heavy atom. The van der Waals surface area contributed by atoms with Crippen molar-refractivity contribution < 1.29 is 14.3 Å². The van der Waals surface area contributed by atoms with Crippen LogP contribution in [0.3, 0.4) is 0 Å². The number of imidazole rings is 1. The van der Waals surface area contributed by atoms with E-state index in [1.807, 2.05) is 66.4 Å². The molecule has 6 rings (SSSR count). The van der Waals surface area contributed by atoms with Crippen LogP contribution in [0.1, 0.15) is 23.2 Å². The van der Waals surface area contributed by atoms with Gasteiger partial charge in [-0.05, 0) is 36.3 Å². The van der Waals surface area contributed by atoms with Crippen molar-refractivity contribution in [2.75, 3.05) is 18.1 Å². The Morgan fingerprint density at radius 2 is 1.95 bits per heavy atom. The van der Waals surface area contributed by atoms with Gasteiger partial charge in [-0.2, -0.15) is 4.98 Å². The third kappa shape index (κ3) is 4.75. The summed E-state index contributed by atoms with van der Waals surface area (Å²) in [4.78, 5) is 28.8. The van der Waals surface area contributed by atoms with Crippen molar-refractivity contribution in [3.8, 4) is 17.4 Å². The molecule has 0 saturated carbocycles. The molecule has 1 N–H and O–H groups in total. The van der Waals surface area contributed by atoms with E-state index in [4.69, 9.17) is 14.5 Å². The summed E-state index contributed by atoms with van der Waals surface area (Å²) in [6.45, 7) is 3.33. The number of nitrogens with zero attached hydrogens (tertiary/aromatic N) is 5. The quantitative estimate of drug-likeness (QED) is 0.437. The van der Waals surface area contributed by atoms with Gasteiger partial charge in [0.25, 0.3) is 5.91 Å². The lowest BCUT2D eigenvalue weighted by molar-refractivity contribution is -0.117. The van der Waals surface area contributed by atoms with E-state index in [1.165, 1.54) is 0 Å². The van der Waals surface area contributed by atoms with Gasteiger partial charge in [0.05, 0.1) is 6.54 Å². The molecular formula is C28H26N6O3. The monoisotopic (exact) mass is 494 g/mol. The number of ether oxygens (including phenoxy) is 2. The van der Waals surface area contributed by atoms with E-state index in [2.05, 4.69) is 21.4 Å². The van der Waals surface area contributed by atoms with Gasteiger partial charge in [0.15, 0.2) is 11.5 Å². The number of hydrogen-bond acceptors (Lipinski definition) is 7. The molecular weight excluding hydrogens is 468 g/mol. The van der Waals surface area contributed by atoms with Crippen molar-refractivity contribution >= 4 is 17.8 Å². The Balaban J connectivity index is 1.22. The summed E-state index contributed by atoms with van der Waals surface area (Å²) in [6, 6.07) is 17.6. The highest BCUT2D eigenvalue weighted by molar-refractivity contribution is 6.02. The van der Waals surface area contributed by atoms with Crippen LogP contribution in [0.2, 0.25) is 0 Å². The molecule has 9 nitrogen and oxygen atoms in total. The fourth-order valence-corrected chi connectivity index (χ4v) is 4.50. The molecule has 2 aromatic carbocycles. The summed E-state index contributed by atoms with van der Waals surface area (Å²) in [5.74, 6) is 2.45. The standard InChI is InChI=1S/C28H26N6O3/c1-19-14-26(32-28(31-19)33-13-12-29-18-33)34-16-21-7-3-2-6-20(21)15-23(34)27(35)30-11-10-22-17-36-24-8-4-5-9-25(24)37-22/h2-9,12-15,18,22H,10-11,16-17H2,1H3,(H,30,35). The molecule has 0 spiro atoms. The molecule has 0 bridgehead atoms. The van der Waals surface area contributed by atoms with Crippen molar-refractivity contribution in [1.82, 2.24) is 24.8 Å². The molecule has 0 radical (unpaired) electrons. The molecule has 4 aromatic rings. The molecule has 2 aliphatic heterocycles. The lowest BCUT2D eigenvalue weighted by Crippen LogP contribution is -2.39. The number of hydrogen-bond donors (Lipinski definition) is 1. The number of benzene rings is 2. The largest absolute Gasteiger partial charge is 0.486 e. The molecule has 4 heterocycles. The summed E-state index contributed by atoms with van der Waals surface area (Å²) in [7, 11) is 0. The third-order valence-corrected chi connectivity index (χ3v) is 6.36. The van der Waals surface area contributed by atoms with Gasteiger partial charge in [0.1, 0.15) is 30.6 Å². The normalized spacial score (nSPS) is 16.1. The molecule has 2 aliphatic rings. The van der Waals surface area contributed by atoms with Gasteiger partial charge in [0, 0.05) is 37.1 Å². The number of carbonyl (C=O) groups is 1. The molecule has 1 unspecified atom stereocenters. The minimum atomic E-state index is -0.174. The summed E-state index contributed by atoms with van der Waals surface area (Å²) in [5.41, 5.74) is 3.46. The summed E-state index contributed by atoms with van der Waals surface area (Å²) < 4.78 is 13.6. The fourth-order valence-electron chi connectivity index (χ4n) is 4.50. The average Bonchev–Trinajstić information content (AvgIpc) is 3.47. The maximum atomic E-state index is 13.5. The zero-order valence-corrected chi connectivity index (χ0v) is 20.4. The van der Waals surface area contributed by atoms with Crippen LogP contribution in [-0.4, -0.2) is 44.7 Å². The lowest BCUT2D eigenvalue weighted by Gasteiger charge is -2.31. The van der Waals surface area contributed by atoms with Crippen LogP contribution in [0.25, 0.3) is 12.0 Å². The van der Waals surface area contributed by atoms with Gasteiger partial charge in [-0.15, -0.1) is 0 Å². The first-order valence-electron chi connectivity index (χ1n) is 12.2. The van der Waals surface area contributed by atoms with Gasteiger partial charge in [0.2, 0.25) is 5.95 Å². The molecule has 9 heteroatoms. The van der Waals surface area contributed by atoms with E-state index in [0.29, 0.717) is 43.6 Å². The molecule has 1 atom stereocenters. The van der Waals surface area contributed by atoms with E-state index in [0.717, 1.165) is 28.3 Å². The second kappa shape index (κ2) is 9.77. The number of rotatable bonds is 6. The van der Waals surface area contributed by atoms with E-state index in [-0.39, 0.29) is 12.0 Å². The van der Waals surface area contributed by atoms with Gasteiger partial charge < -0.3 is 19.7 Å². The highest BCUT2D eigenvalue weighted by Crippen LogP contribution is 2.32. The van der Waals surface area contributed by atoms with E-state index in [1.54, 1.807) is 23.3 Å². The van der Waals surface area contributed by atoms with Crippen molar-refractivity contribution in [1.29, 1.82) is 0 Å². The number of fused-ring (bicyclic) bond motifs is 2. The second-order valence-corrected chi connectivity index (χ2v) is 8.99. The number of carbonyl (C=O) groups excluding carboxylic acids is 1. The van der Waals surface area contributed by atoms with Crippen molar-refractivity contribution in [2.24, 2.45) is 0 Å². The third-order valence-electron chi connectivity index (χ3n) is 6.36. The zero-order valence-electron chi connectivity index (χ0n) is 20.4. The molecule has 0 aliphatic carbocycles. The van der Waals surface area contributed by atoms with Gasteiger partial charge >= 0.3 is 0 Å². The van der Waals surface area contributed by atoms with Crippen LogP contribution in [0, 0.1) is 6.92 Å². The summed E-state index contributed by atoms with van der Waals surface area (Å²) in [6.07, 6.45) is 7.54. The number of aromatic nitrogens is 4. The smallest absolute Gasteiger partial charge is 0.267 e. The minimum Gasteiger partial charge on any atom is -0.486 e. The van der Waals surface area contributed by atoms with E-state index < -0.39 is 0 Å². The average molecular weight is 495 g/mol. The Kier molecular flexibility index (Phi) is 6.02. The van der Waals surface area contributed by atoms with Crippen molar-refractivity contribution in [3.05, 3.63) is 95.8 Å². The van der Waals surface area contributed by atoms with Crippen LogP contribution < -0.4 is 19.7 Å². The summed E-state index contributed by atoms with van der Waals surface area (Å²) in [5, 5.41) is 3.07. The second-order valence-electron chi connectivity index (χ2n) is 8.99. The molecule has 2 aromatic heterocycles. The number of nitrogens with one attached hydrogen (secondary N) is 1. The minimum absolute atomic E-state index is 0.130. The highest BCUT2D eigenvalue weighted by atomic mass is 16.6. The van der Waals surface area contributed by atoms with Crippen LogP contribution in [0.15, 0.2) is 79.0 Å². The SMILES string of the molecule is Cc1cc(N2Cc3ccccc3C=C2C(=O)NCCC2COc3ccccc3O2)nc(-n2ccnc2)n1. The predicted molar refractivity (Wildman–Crippen MR) is 138 cm³/mol. The Hall–Kier alpha value is -4.66. The van der Waals surface area contributed by atoms with E-state index >= 15 is 0 Å². The lowest BCUT2D eigenvalue weighted by atomic mass is 10.0. The van der Waals surface area contributed by atoms with Crippen molar-refractivity contribution in [2.45, 2.75) is 26.0 Å². The predicted octanol–water partition coefficient (Wildman–Crippen LogP) is 3.68. The fraction of sp³-hybridized carbons (Fsp3) is 0.214. The maximum absolute atomic E-state index is 13.5. The molecule has 186 valence electrons. The molecule has 1 amide bonds. The number of anilines is 1. The molecule has 37 heavy (non-hydrogen) atoms. The maximum Gasteiger partial charge on any atom is 0.267 e. The van der Waals surface area contributed by atoms with E-state index in [9.17, 15) is 4.79 Å². The molecule has 0 saturated heterocycles. The zero-order chi connectivity index (χ0) is 25.2. The van der Waals surface area contributed by atoms with Crippen LogP contribution in [-0.2, 0) is 11.3 Å². The van der Waals surface area contributed by atoms with Gasteiger partial charge in [-0.25, -0.2) is 9.97 Å². The summed E-state index contributed by atoms with van der Waals surface area (Å²) >= 11 is 0. The first kappa shape index (κ1) is 22.8. The van der Waals surface area contributed by atoms with Crippen LogP contribution in [0.4, 0.5) is 5.82 Å².